The predicted octanol–water partition coefficient (Wildman–Crippen LogP) is 3.23. The number of nitrogens with one attached hydrogen (secondary N) is 1. The summed E-state index contributed by atoms with van der Waals surface area (Å²) in [6.07, 6.45) is 6.38. The summed E-state index contributed by atoms with van der Waals surface area (Å²) in [5.41, 5.74) is 1.09. The molecule has 0 radical (unpaired) electrons. The molecule has 2 aliphatic rings. The van der Waals surface area contributed by atoms with Gasteiger partial charge in [0.25, 0.3) is 5.91 Å². The third-order valence-corrected chi connectivity index (χ3v) is 6.19. The van der Waals surface area contributed by atoms with Crippen molar-refractivity contribution in [2.45, 2.75) is 46.5 Å². The van der Waals surface area contributed by atoms with Crippen molar-refractivity contribution in [2.75, 3.05) is 44.2 Å². The molecule has 29 heavy (non-hydrogen) atoms. The maximum atomic E-state index is 13.1. The number of nitrogens with zero attached hydrogens (tertiary/aromatic N) is 4. The van der Waals surface area contributed by atoms with Crippen molar-refractivity contribution in [3.05, 3.63) is 17.7 Å². The minimum atomic E-state index is -0.0904. The predicted molar refractivity (Wildman–Crippen MR) is 114 cm³/mol. The van der Waals surface area contributed by atoms with Crippen molar-refractivity contribution in [2.24, 2.45) is 11.8 Å². The van der Waals surface area contributed by atoms with E-state index in [2.05, 4.69) is 38.9 Å². The van der Waals surface area contributed by atoms with E-state index in [4.69, 9.17) is 4.42 Å². The molecule has 4 rings (SSSR count). The fourth-order valence-electron chi connectivity index (χ4n) is 5.04. The molecule has 2 aliphatic heterocycles. The van der Waals surface area contributed by atoms with Crippen molar-refractivity contribution in [3.63, 3.8) is 0 Å². The molecule has 7 nitrogen and oxygen atoms in total. The van der Waals surface area contributed by atoms with Crippen molar-refractivity contribution in [1.82, 2.24) is 20.2 Å². The van der Waals surface area contributed by atoms with Gasteiger partial charge < -0.3 is 19.5 Å². The molecular weight excluding hydrogens is 366 g/mol. The smallest absolute Gasteiger partial charge is 0.255 e. The first-order valence-corrected chi connectivity index (χ1v) is 11.0. The largest absolute Gasteiger partial charge is 0.442 e. The number of rotatable bonds is 5. The minimum absolute atomic E-state index is 0.0904. The van der Waals surface area contributed by atoms with Crippen LogP contribution in [0, 0.1) is 18.8 Å². The third-order valence-electron chi connectivity index (χ3n) is 6.19. The van der Waals surface area contributed by atoms with E-state index in [1.54, 1.807) is 0 Å². The monoisotopic (exact) mass is 399 g/mol. The van der Waals surface area contributed by atoms with E-state index >= 15 is 0 Å². The lowest BCUT2D eigenvalue weighted by Gasteiger charge is -2.34. The van der Waals surface area contributed by atoms with E-state index in [1.165, 1.54) is 19.2 Å². The molecule has 2 fully saturated rings. The summed E-state index contributed by atoms with van der Waals surface area (Å²) in [7, 11) is 0. The van der Waals surface area contributed by atoms with Crippen molar-refractivity contribution >= 4 is 22.8 Å². The Balaban J connectivity index is 1.49. The van der Waals surface area contributed by atoms with Gasteiger partial charge in [-0.25, -0.2) is 9.97 Å². The standard InChI is InChI=1S/C22H33N5O2/c1-15-11-16(2)13-26(12-15)10-7-23-21(28)18-17(3)29-22-19(18)20(24-14-25-22)27-8-5-4-6-9-27/h14-16H,4-13H2,1-3H3,(H,23,28). The van der Waals surface area contributed by atoms with Gasteiger partial charge in [0.05, 0.1) is 10.9 Å². The first-order chi connectivity index (χ1) is 14.0. The number of aromatic nitrogens is 2. The number of likely N-dealkylation sites (tertiary alicyclic amines) is 1. The number of hydrogen-bond donors (Lipinski definition) is 1. The fraction of sp³-hybridized carbons (Fsp3) is 0.682. The number of aryl methyl sites for hydroxylation is 1. The average Bonchev–Trinajstić information content (AvgIpc) is 3.03. The normalized spacial score (nSPS) is 23.5. The second-order valence-electron chi connectivity index (χ2n) is 8.92. The Kier molecular flexibility index (Phi) is 6.04. The van der Waals surface area contributed by atoms with Gasteiger partial charge in [-0.3, -0.25) is 4.79 Å². The lowest BCUT2D eigenvalue weighted by molar-refractivity contribution is 0.0936. The van der Waals surface area contributed by atoms with Crippen LogP contribution in [0.25, 0.3) is 11.1 Å². The molecule has 0 spiro atoms. The molecule has 7 heteroatoms. The highest BCUT2D eigenvalue weighted by atomic mass is 16.3. The number of fused-ring (bicyclic) bond motifs is 1. The summed E-state index contributed by atoms with van der Waals surface area (Å²) in [6.45, 7) is 12.1. The Bertz CT molecular complexity index is 848. The first-order valence-electron chi connectivity index (χ1n) is 11.0. The second kappa shape index (κ2) is 8.69. The Labute approximate surface area is 172 Å². The van der Waals surface area contributed by atoms with E-state index < -0.39 is 0 Å². The molecule has 2 saturated heterocycles. The average molecular weight is 400 g/mol. The zero-order valence-electron chi connectivity index (χ0n) is 17.9. The molecule has 2 aromatic heterocycles. The molecule has 2 aromatic rings. The van der Waals surface area contributed by atoms with Crippen molar-refractivity contribution in [3.8, 4) is 0 Å². The third kappa shape index (κ3) is 4.39. The van der Waals surface area contributed by atoms with Gasteiger partial charge in [0.1, 0.15) is 17.9 Å². The Morgan fingerprint density at radius 2 is 1.90 bits per heavy atom. The summed E-state index contributed by atoms with van der Waals surface area (Å²) in [5.74, 6) is 2.79. The van der Waals surface area contributed by atoms with Crippen LogP contribution >= 0.6 is 0 Å². The fourth-order valence-corrected chi connectivity index (χ4v) is 5.04. The highest BCUT2D eigenvalue weighted by Crippen LogP contribution is 2.32. The zero-order chi connectivity index (χ0) is 20.4. The molecule has 1 amide bonds. The first kappa shape index (κ1) is 20.1. The molecule has 158 valence electrons. The van der Waals surface area contributed by atoms with Gasteiger partial charge in [-0.1, -0.05) is 13.8 Å². The van der Waals surface area contributed by atoms with Gasteiger partial charge >= 0.3 is 0 Å². The van der Waals surface area contributed by atoms with Crippen LogP contribution < -0.4 is 10.2 Å². The number of anilines is 1. The molecule has 0 aliphatic carbocycles. The SMILES string of the molecule is Cc1oc2ncnc(N3CCCCC3)c2c1C(=O)NCCN1CC(C)CC(C)C1. The second-order valence-corrected chi connectivity index (χ2v) is 8.92. The van der Waals surface area contributed by atoms with Gasteiger partial charge in [0, 0.05) is 39.3 Å². The topological polar surface area (TPSA) is 74.5 Å². The Morgan fingerprint density at radius 1 is 1.17 bits per heavy atom. The molecule has 2 unspecified atom stereocenters. The van der Waals surface area contributed by atoms with E-state index in [-0.39, 0.29) is 5.91 Å². The minimum Gasteiger partial charge on any atom is -0.442 e. The lowest BCUT2D eigenvalue weighted by Crippen LogP contribution is -2.42. The summed E-state index contributed by atoms with van der Waals surface area (Å²) in [5, 5.41) is 3.86. The van der Waals surface area contributed by atoms with Crippen LogP contribution in [0.5, 0.6) is 0 Å². The van der Waals surface area contributed by atoms with Crippen LogP contribution in [0.15, 0.2) is 10.7 Å². The highest BCUT2D eigenvalue weighted by molar-refractivity contribution is 6.10. The number of carbonyl (C=O) groups excluding carboxylic acids is 1. The molecule has 4 heterocycles. The molecule has 1 N–H and O–H groups in total. The van der Waals surface area contributed by atoms with Crippen LogP contribution in [0.2, 0.25) is 0 Å². The summed E-state index contributed by atoms with van der Waals surface area (Å²) < 4.78 is 5.83. The number of hydrogen-bond acceptors (Lipinski definition) is 6. The lowest BCUT2D eigenvalue weighted by atomic mass is 9.92. The number of piperidine rings is 2. The van der Waals surface area contributed by atoms with Crippen LogP contribution in [0.3, 0.4) is 0 Å². The van der Waals surface area contributed by atoms with E-state index in [0.717, 1.165) is 68.6 Å². The molecule has 0 saturated carbocycles. The molecule has 2 atom stereocenters. The Hall–Kier alpha value is -2.15. The van der Waals surface area contributed by atoms with Crippen LogP contribution in [0.4, 0.5) is 5.82 Å². The van der Waals surface area contributed by atoms with Crippen molar-refractivity contribution in [1.29, 1.82) is 0 Å². The van der Waals surface area contributed by atoms with E-state index in [0.29, 0.717) is 23.6 Å². The molecule has 0 bridgehead atoms. The summed E-state index contributed by atoms with van der Waals surface area (Å²) in [6, 6.07) is 0. The quantitative estimate of drug-likeness (QED) is 0.832. The van der Waals surface area contributed by atoms with Gasteiger partial charge in [-0.05, 0) is 44.4 Å². The maximum Gasteiger partial charge on any atom is 0.255 e. The van der Waals surface area contributed by atoms with E-state index in [9.17, 15) is 4.79 Å². The summed E-state index contributed by atoms with van der Waals surface area (Å²) >= 11 is 0. The van der Waals surface area contributed by atoms with Crippen LogP contribution in [0.1, 0.15) is 55.6 Å². The number of carbonyl (C=O) groups is 1. The maximum absolute atomic E-state index is 13.1. The zero-order valence-corrected chi connectivity index (χ0v) is 17.9. The van der Waals surface area contributed by atoms with Crippen molar-refractivity contribution < 1.29 is 9.21 Å². The van der Waals surface area contributed by atoms with Gasteiger partial charge in [0.15, 0.2) is 0 Å². The van der Waals surface area contributed by atoms with Crippen LogP contribution in [-0.4, -0.2) is 60.0 Å². The molecule has 0 aromatic carbocycles. The van der Waals surface area contributed by atoms with Gasteiger partial charge in [0.2, 0.25) is 5.71 Å². The van der Waals surface area contributed by atoms with Gasteiger partial charge in [-0.2, -0.15) is 0 Å². The Morgan fingerprint density at radius 3 is 2.62 bits per heavy atom. The molecular formula is C22H33N5O2. The van der Waals surface area contributed by atoms with Crippen LogP contribution in [-0.2, 0) is 0 Å². The van der Waals surface area contributed by atoms with Gasteiger partial charge in [-0.15, -0.1) is 0 Å². The van der Waals surface area contributed by atoms with E-state index in [1.807, 2.05) is 6.92 Å². The number of furan rings is 1. The summed E-state index contributed by atoms with van der Waals surface area (Å²) in [4.78, 5) is 26.6. The highest BCUT2D eigenvalue weighted by Gasteiger charge is 2.26. The number of amides is 1.